The van der Waals surface area contributed by atoms with Crippen LogP contribution in [0.3, 0.4) is 0 Å². The van der Waals surface area contributed by atoms with Gasteiger partial charge in [0.05, 0.1) is 12.1 Å². The fourth-order valence-corrected chi connectivity index (χ4v) is 5.84. The molecule has 0 bridgehead atoms. The molecule has 7 heteroatoms. The van der Waals surface area contributed by atoms with E-state index in [2.05, 4.69) is 57.1 Å². The summed E-state index contributed by atoms with van der Waals surface area (Å²) in [5.74, 6) is 4.89. The van der Waals surface area contributed by atoms with Crippen LogP contribution in [-0.4, -0.2) is 46.1 Å². The van der Waals surface area contributed by atoms with Gasteiger partial charge in [-0.25, -0.2) is 4.68 Å². The van der Waals surface area contributed by atoms with Crippen molar-refractivity contribution in [2.45, 2.75) is 63.6 Å². The monoisotopic (exact) mass is 471 g/mol. The molecule has 6 rings (SSSR count). The first kappa shape index (κ1) is 22.5. The van der Waals surface area contributed by atoms with Gasteiger partial charge in [0.1, 0.15) is 12.4 Å². The molecule has 3 aliphatic rings. The van der Waals surface area contributed by atoms with Gasteiger partial charge in [-0.2, -0.15) is 0 Å². The molecule has 1 aliphatic heterocycles. The van der Waals surface area contributed by atoms with E-state index in [0.29, 0.717) is 12.0 Å². The van der Waals surface area contributed by atoms with Crippen LogP contribution >= 0.6 is 0 Å². The number of nitrogens with one attached hydrogen (secondary N) is 1. The van der Waals surface area contributed by atoms with Crippen LogP contribution in [-0.2, 0) is 11.3 Å². The van der Waals surface area contributed by atoms with E-state index in [0.717, 1.165) is 60.4 Å². The van der Waals surface area contributed by atoms with Crippen molar-refractivity contribution in [3.63, 3.8) is 0 Å². The van der Waals surface area contributed by atoms with E-state index in [4.69, 9.17) is 15.9 Å². The lowest BCUT2D eigenvalue weighted by atomic mass is 9.64. The number of ether oxygens (including phenoxy) is 2. The molecule has 2 unspecified atom stereocenters. The van der Waals surface area contributed by atoms with Crippen LogP contribution < -0.4 is 10.1 Å². The van der Waals surface area contributed by atoms with Gasteiger partial charge in [-0.1, -0.05) is 42.7 Å². The summed E-state index contributed by atoms with van der Waals surface area (Å²) >= 11 is 0. The Morgan fingerprint density at radius 3 is 2.80 bits per heavy atom. The second-order valence-electron chi connectivity index (χ2n) is 10.4. The molecule has 2 atom stereocenters. The molecule has 0 amide bonds. The van der Waals surface area contributed by atoms with Gasteiger partial charge in [0.15, 0.2) is 5.82 Å². The number of nitrogens with zero attached hydrogens (tertiary/aromatic N) is 4. The van der Waals surface area contributed by atoms with Crippen LogP contribution in [0.2, 0.25) is 0 Å². The third-order valence-electron chi connectivity index (χ3n) is 8.10. The van der Waals surface area contributed by atoms with Crippen molar-refractivity contribution in [1.29, 1.82) is 0 Å². The topological polar surface area (TPSA) is 74.1 Å². The highest BCUT2D eigenvalue weighted by molar-refractivity contribution is 5.88. The maximum Gasteiger partial charge on any atom is 0.173 e. The van der Waals surface area contributed by atoms with Crippen LogP contribution in [0.1, 0.15) is 62.4 Å². The molecule has 1 aromatic heterocycles. The maximum atomic E-state index is 6.19. The van der Waals surface area contributed by atoms with Crippen molar-refractivity contribution in [2.75, 3.05) is 19.8 Å². The lowest BCUT2D eigenvalue weighted by Gasteiger charge is -2.46. The molecule has 7 nitrogen and oxygen atoms in total. The van der Waals surface area contributed by atoms with Crippen LogP contribution in [0.25, 0.3) is 10.8 Å². The van der Waals surface area contributed by atoms with E-state index >= 15 is 0 Å². The molecule has 1 saturated heterocycles. The highest BCUT2D eigenvalue weighted by Crippen LogP contribution is 2.48. The van der Waals surface area contributed by atoms with E-state index in [1.54, 1.807) is 0 Å². The smallest absolute Gasteiger partial charge is 0.173 e. The Hall–Kier alpha value is -2.95. The lowest BCUT2D eigenvalue weighted by Crippen LogP contribution is -2.49. The molecule has 0 radical (unpaired) electrons. The number of fused-ring (bicyclic) bond motifs is 1. The normalized spacial score (nSPS) is 22.0. The predicted molar refractivity (Wildman–Crippen MR) is 134 cm³/mol. The molecule has 3 fully saturated rings. The molecule has 2 heterocycles. The molecular formula is C28H33N5O2. The average molecular weight is 472 g/mol. The summed E-state index contributed by atoms with van der Waals surface area (Å²) in [5, 5.41) is 19.3. The fourth-order valence-electron chi connectivity index (χ4n) is 5.84. The van der Waals surface area contributed by atoms with Gasteiger partial charge in [-0.15, -0.1) is 11.5 Å². The summed E-state index contributed by atoms with van der Waals surface area (Å²) < 4.78 is 14.3. The Morgan fingerprint density at radius 1 is 1.17 bits per heavy atom. The number of hydrogen-bond donors (Lipinski definition) is 1. The van der Waals surface area contributed by atoms with Crippen LogP contribution in [0.4, 0.5) is 0 Å². The summed E-state index contributed by atoms with van der Waals surface area (Å²) in [7, 11) is 0. The zero-order valence-corrected chi connectivity index (χ0v) is 20.2. The molecule has 2 aromatic carbocycles. The maximum absolute atomic E-state index is 6.19. The Morgan fingerprint density at radius 2 is 2.06 bits per heavy atom. The first-order valence-corrected chi connectivity index (χ1v) is 13.0. The zero-order valence-electron chi connectivity index (χ0n) is 20.2. The van der Waals surface area contributed by atoms with E-state index < -0.39 is 0 Å². The Kier molecular flexibility index (Phi) is 6.17. The number of tetrazole rings is 1. The molecule has 1 N–H and O–H groups in total. The molecule has 0 spiro atoms. The molecule has 3 aromatic rings. The first-order valence-electron chi connectivity index (χ1n) is 13.0. The van der Waals surface area contributed by atoms with E-state index in [9.17, 15) is 0 Å². The average Bonchev–Trinajstić information content (AvgIpc) is 3.28. The molecule has 182 valence electrons. The van der Waals surface area contributed by atoms with Crippen molar-refractivity contribution in [1.82, 2.24) is 25.5 Å². The molecular weight excluding hydrogens is 438 g/mol. The minimum Gasteiger partial charge on any atom is -0.481 e. The second kappa shape index (κ2) is 9.60. The summed E-state index contributed by atoms with van der Waals surface area (Å²) in [6.45, 7) is 2.80. The van der Waals surface area contributed by atoms with Crippen molar-refractivity contribution in [3.05, 3.63) is 47.8 Å². The van der Waals surface area contributed by atoms with Gasteiger partial charge in [0.25, 0.3) is 0 Å². The minimum atomic E-state index is -0.221. The van der Waals surface area contributed by atoms with Gasteiger partial charge in [-0.05, 0) is 71.7 Å². The number of aromatic nitrogens is 4. The number of rotatable bonds is 10. The fraction of sp³-hybridized carbons (Fsp3) is 0.536. The molecule has 35 heavy (non-hydrogen) atoms. The molecule has 2 saturated carbocycles. The van der Waals surface area contributed by atoms with Crippen molar-refractivity contribution in [2.24, 2.45) is 11.3 Å². The summed E-state index contributed by atoms with van der Waals surface area (Å²) in [5.41, 5.74) is 1.22. The highest BCUT2D eigenvalue weighted by atomic mass is 16.5. The van der Waals surface area contributed by atoms with Gasteiger partial charge >= 0.3 is 0 Å². The lowest BCUT2D eigenvalue weighted by molar-refractivity contribution is -0.0500. The predicted octanol–water partition coefficient (Wildman–Crippen LogP) is 4.28. The highest BCUT2D eigenvalue weighted by Gasteiger charge is 2.46. The third-order valence-corrected chi connectivity index (χ3v) is 8.10. The van der Waals surface area contributed by atoms with Crippen LogP contribution in [0, 0.1) is 23.7 Å². The largest absolute Gasteiger partial charge is 0.481 e. The Balaban J connectivity index is 1.42. The zero-order chi connectivity index (χ0) is 23.7. The number of benzene rings is 2. The summed E-state index contributed by atoms with van der Waals surface area (Å²) in [6.07, 6.45) is 14.3. The van der Waals surface area contributed by atoms with Crippen LogP contribution in [0.5, 0.6) is 5.75 Å². The Labute approximate surface area is 206 Å². The Bertz CT molecular complexity index is 1220. The van der Waals surface area contributed by atoms with E-state index in [1.165, 1.54) is 32.1 Å². The summed E-state index contributed by atoms with van der Waals surface area (Å²) in [6, 6.07) is 12.3. The number of terminal acetylenes is 1. The van der Waals surface area contributed by atoms with Crippen molar-refractivity contribution >= 4 is 10.8 Å². The SMILES string of the molecule is C#CCOc1ccc2ccccc2c1C(NCC1(C2CCCO2)CCC1)c1nnnn1CC1CC1. The summed E-state index contributed by atoms with van der Waals surface area (Å²) in [4.78, 5) is 0. The van der Waals surface area contributed by atoms with Gasteiger partial charge in [0, 0.05) is 30.7 Å². The van der Waals surface area contributed by atoms with Crippen LogP contribution in [0.15, 0.2) is 36.4 Å². The van der Waals surface area contributed by atoms with Gasteiger partial charge < -0.3 is 14.8 Å². The van der Waals surface area contributed by atoms with E-state index in [-0.39, 0.29) is 18.1 Å². The third kappa shape index (κ3) is 4.41. The standard InChI is InChI=1S/C28H33N5O2/c1-2-16-34-23-13-12-21-7-3-4-8-22(21)25(23)26(27-30-31-32-33(27)18-20-10-11-20)29-19-28(14-6-15-28)24-9-5-17-35-24/h1,3-4,7-8,12-13,20,24,26,29H,5-6,9-11,14-19H2. The van der Waals surface area contributed by atoms with Gasteiger partial charge in [-0.3, -0.25) is 0 Å². The second-order valence-corrected chi connectivity index (χ2v) is 10.4. The first-order chi connectivity index (χ1) is 17.3. The molecule has 2 aliphatic carbocycles. The van der Waals surface area contributed by atoms with Crippen molar-refractivity contribution in [3.8, 4) is 18.1 Å². The van der Waals surface area contributed by atoms with Gasteiger partial charge in [0.2, 0.25) is 0 Å². The minimum absolute atomic E-state index is 0.175. The number of hydrogen-bond acceptors (Lipinski definition) is 6. The van der Waals surface area contributed by atoms with Crippen molar-refractivity contribution < 1.29 is 9.47 Å². The van der Waals surface area contributed by atoms with E-state index in [1.807, 2.05) is 10.7 Å². The quantitative estimate of drug-likeness (QED) is 0.445.